The number of anilines is 1. The van der Waals surface area contributed by atoms with E-state index in [2.05, 4.69) is 10.3 Å². The van der Waals surface area contributed by atoms with Gasteiger partial charge in [0.2, 0.25) is 0 Å². The first-order valence-corrected chi connectivity index (χ1v) is 10.5. The lowest BCUT2D eigenvalue weighted by Gasteiger charge is -2.32. The maximum absolute atomic E-state index is 12.8. The molecule has 29 heavy (non-hydrogen) atoms. The molecule has 3 heterocycles. The molecule has 6 nitrogen and oxygen atoms in total. The molecule has 7 heteroatoms. The summed E-state index contributed by atoms with van der Waals surface area (Å²) in [5.41, 5.74) is 2.61. The number of carbonyl (C=O) groups excluding carboxylic acids is 2. The molecule has 1 fully saturated rings. The summed E-state index contributed by atoms with van der Waals surface area (Å²) in [6.07, 6.45) is 3.64. The van der Waals surface area contributed by atoms with Gasteiger partial charge in [-0.05, 0) is 47.8 Å². The summed E-state index contributed by atoms with van der Waals surface area (Å²) in [6.45, 7) is 4.32. The second-order valence-electron chi connectivity index (χ2n) is 7.08. The minimum Gasteiger partial charge on any atom is -0.328 e. The van der Waals surface area contributed by atoms with Crippen molar-refractivity contribution in [3.63, 3.8) is 0 Å². The molecular weight excluding hydrogens is 384 g/mol. The number of benzene rings is 1. The van der Waals surface area contributed by atoms with E-state index in [4.69, 9.17) is 0 Å². The van der Waals surface area contributed by atoms with E-state index < -0.39 is 0 Å². The number of hydrogen-bond donors (Lipinski definition) is 2. The molecule has 4 rings (SSSR count). The summed E-state index contributed by atoms with van der Waals surface area (Å²) < 4.78 is 0. The Labute approximate surface area is 173 Å². The van der Waals surface area contributed by atoms with Crippen molar-refractivity contribution in [1.29, 1.82) is 0 Å². The fourth-order valence-corrected chi connectivity index (χ4v) is 4.09. The number of pyridine rings is 1. The van der Waals surface area contributed by atoms with Crippen molar-refractivity contribution in [2.75, 3.05) is 31.5 Å². The van der Waals surface area contributed by atoms with Crippen LogP contribution in [0.3, 0.4) is 0 Å². The zero-order valence-corrected chi connectivity index (χ0v) is 16.8. The molecule has 0 bridgehead atoms. The lowest BCUT2D eigenvalue weighted by molar-refractivity contribution is -0.917. The number of rotatable bonds is 5. The molecule has 1 aliphatic rings. The van der Waals surface area contributed by atoms with Crippen LogP contribution in [0, 0.1) is 0 Å². The average molecular weight is 408 g/mol. The summed E-state index contributed by atoms with van der Waals surface area (Å²) in [5.74, 6) is -0.0866. The van der Waals surface area contributed by atoms with Gasteiger partial charge in [0, 0.05) is 29.2 Å². The van der Waals surface area contributed by atoms with Gasteiger partial charge < -0.3 is 15.1 Å². The standard InChI is InChI=1S/C22H22N4O2S/c27-21(20-2-1-15-29-20)24-19-5-3-18(4-6-19)22(28)26-13-11-25(12-14-26)16-17-7-9-23-10-8-17/h1-10,15H,11-14,16H2,(H,24,27)/p+1. The molecule has 0 atom stereocenters. The smallest absolute Gasteiger partial charge is 0.265 e. The summed E-state index contributed by atoms with van der Waals surface area (Å²) >= 11 is 1.40. The Kier molecular flexibility index (Phi) is 5.97. The van der Waals surface area contributed by atoms with Crippen molar-refractivity contribution >= 4 is 28.8 Å². The lowest BCUT2D eigenvalue weighted by atomic mass is 10.1. The monoisotopic (exact) mass is 407 g/mol. The molecule has 2 N–H and O–H groups in total. The van der Waals surface area contributed by atoms with Crippen molar-refractivity contribution in [2.45, 2.75) is 6.54 Å². The molecule has 0 radical (unpaired) electrons. The topological polar surface area (TPSA) is 66.7 Å². The van der Waals surface area contributed by atoms with Crippen LogP contribution in [0.1, 0.15) is 25.6 Å². The third kappa shape index (κ3) is 4.88. The predicted molar refractivity (Wildman–Crippen MR) is 113 cm³/mol. The Morgan fingerprint density at radius 1 is 1.03 bits per heavy atom. The molecule has 2 amide bonds. The third-order valence-corrected chi connectivity index (χ3v) is 5.96. The highest BCUT2D eigenvalue weighted by molar-refractivity contribution is 7.12. The van der Waals surface area contributed by atoms with Crippen molar-refractivity contribution in [3.05, 3.63) is 82.3 Å². The van der Waals surface area contributed by atoms with Gasteiger partial charge in [-0.25, -0.2) is 0 Å². The van der Waals surface area contributed by atoms with Crippen molar-refractivity contribution in [3.8, 4) is 0 Å². The van der Waals surface area contributed by atoms with Crippen LogP contribution in [0.2, 0.25) is 0 Å². The average Bonchev–Trinajstić information content (AvgIpc) is 3.30. The molecule has 0 saturated carbocycles. The number of nitrogens with one attached hydrogen (secondary N) is 2. The van der Waals surface area contributed by atoms with Crippen LogP contribution in [-0.2, 0) is 6.54 Å². The maximum atomic E-state index is 12.8. The largest absolute Gasteiger partial charge is 0.328 e. The second kappa shape index (κ2) is 8.98. The first-order valence-electron chi connectivity index (χ1n) is 9.66. The summed E-state index contributed by atoms with van der Waals surface area (Å²) in [4.78, 5) is 33.0. The van der Waals surface area contributed by atoms with E-state index in [1.807, 2.05) is 40.9 Å². The number of quaternary nitrogens is 1. The van der Waals surface area contributed by atoms with Gasteiger partial charge in [-0.15, -0.1) is 11.3 Å². The van der Waals surface area contributed by atoms with Crippen LogP contribution >= 0.6 is 11.3 Å². The number of piperazine rings is 1. The van der Waals surface area contributed by atoms with Crippen molar-refractivity contribution in [1.82, 2.24) is 9.88 Å². The van der Waals surface area contributed by atoms with Gasteiger partial charge >= 0.3 is 0 Å². The van der Waals surface area contributed by atoms with Gasteiger partial charge in [0.25, 0.3) is 11.8 Å². The fourth-order valence-electron chi connectivity index (χ4n) is 3.47. The molecular formula is C22H23N4O2S+. The van der Waals surface area contributed by atoms with Crippen LogP contribution in [0.4, 0.5) is 5.69 Å². The molecule has 0 aliphatic carbocycles. The van der Waals surface area contributed by atoms with Gasteiger partial charge in [-0.3, -0.25) is 14.6 Å². The SMILES string of the molecule is O=C(Nc1ccc(C(=O)N2CC[NH+](Cc3ccncc3)CC2)cc1)c1cccs1. The molecule has 1 saturated heterocycles. The van der Waals surface area contributed by atoms with Crippen LogP contribution in [0.5, 0.6) is 0 Å². The second-order valence-corrected chi connectivity index (χ2v) is 8.03. The Morgan fingerprint density at radius 2 is 1.76 bits per heavy atom. The zero-order valence-electron chi connectivity index (χ0n) is 16.0. The van der Waals surface area contributed by atoms with Gasteiger partial charge in [-0.1, -0.05) is 6.07 Å². The normalized spacial score (nSPS) is 14.6. The Morgan fingerprint density at radius 3 is 2.41 bits per heavy atom. The number of thiophene rings is 1. The molecule has 1 aromatic carbocycles. The Bertz CT molecular complexity index is 950. The van der Waals surface area contributed by atoms with E-state index in [-0.39, 0.29) is 11.8 Å². The van der Waals surface area contributed by atoms with Gasteiger partial charge in [-0.2, -0.15) is 0 Å². The van der Waals surface area contributed by atoms with Crippen LogP contribution in [0.15, 0.2) is 66.3 Å². The molecule has 3 aromatic rings. The van der Waals surface area contributed by atoms with Crippen LogP contribution in [0.25, 0.3) is 0 Å². The number of nitrogens with zero attached hydrogens (tertiary/aromatic N) is 2. The minimum atomic E-state index is -0.132. The molecule has 2 aromatic heterocycles. The quantitative estimate of drug-likeness (QED) is 0.679. The Hall–Kier alpha value is -3.03. The summed E-state index contributed by atoms with van der Waals surface area (Å²) in [7, 11) is 0. The zero-order chi connectivity index (χ0) is 20.1. The molecule has 0 unspecified atom stereocenters. The number of hydrogen-bond acceptors (Lipinski definition) is 4. The molecule has 1 aliphatic heterocycles. The fraction of sp³-hybridized carbons (Fsp3) is 0.227. The Balaban J connectivity index is 1.30. The highest BCUT2D eigenvalue weighted by Crippen LogP contribution is 2.15. The van der Waals surface area contributed by atoms with E-state index in [9.17, 15) is 9.59 Å². The highest BCUT2D eigenvalue weighted by atomic mass is 32.1. The van der Waals surface area contributed by atoms with E-state index in [0.717, 1.165) is 32.7 Å². The minimum absolute atomic E-state index is 0.0455. The number of aromatic nitrogens is 1. The van der Waals surface area contributed by atoms with E-state index >= 15 is 0 Å². The van der Waals surface area contributed by atoms with Crippen LogP contribution in [-0.4, -0.2) is 47.9 Å². The molecule has 148 valence electrons. The third-order valence-electron chi connectivity index (χ3n) is 5.10. The van der Waals surface area contributed by atoms with Crippen molar-refractivity contribution in [2.24, 2.45) is 0 Å². The predicted octanol–water partition coefficient (Wildman–Crippen LogP) is 1.94. The van der Waals surface area contributed by atoms with E-state index in [1.54, 1.807) is 30.3 Å². The number of carbonyl (C=O) groups is 2. The van der Waals surface area contributed by atoms with E-state index in [0.29, 0.717) is 16.1 Å². The van der Waals surface area contributed by atoms with Gasteiger partial charge in [0.1, 0.15) is 6.54 Å². The first-order chi connectivity index (χ1) is 14.2. The van der Waals surface area contributed by atoms with Crippen molar-refractivity contribution < 1.29 is 14.5 Å². The van der Waals surface area contributed by atoms with Gasteiger partial charge in [0.05, 0.1) is 31.1 Å². The van der Waals surface area contributed by atoms with Crippen LogP contribution < -0.4 is 10.2 Å². The van der Waals surface area contributed by atoms with E-state index in [1.165, 1.54) is 21.8 Å². The summed E-state index contributed by atoms with van der Waals surface area (Å²) in [6, 6.07) is 14.8. The maximum Gasteiger partial charge on any atom is 0.265 e. The highest BCUT2D eigenvalue weighted by Gasteiger charge is 2.24. The first kappa shape index (κ1) is 19.3. The number of amides is 2. The lowest BCUT2D eigenvalue weighted by Crippen LogP contribution is -3.13. The molecule has 0 spiro atoms. The summed E-state index contributed by atoms with van der Waals surface area (Å²) in [5, 5.41) is 4.73. The van der Waals surface area contributed by atoms with Gasteiger partial charge in [0.15, 0.2) is 0 Å².